The van der Waals surface area contributed by atoms with Crippen LogP contribution >= 0.6 is 0 Å². The molecule has 7 heteroatoms. The smallest absolute Gasteiger partial charge is 0.339 e. The van der Waals surface area contributed by atoms with Crippen LogP contribution in [-0.4, -0.2) is 31.1 Å². The third kappa shape index (κ3) is 3.16. The average molecular weight is 340 g/mol. The molecule has 0 aliphatic carbocycles. The number of anilines is 1. The second-order valence-corrected chi connectivity index (χ2v) is 5.30. The molecule has 2 aromatic heterocycles. The molecule has 0 aliphatic rings. The van der Waals surface area contributed by atoms with Crippen molar-refractivity contribution in [2.75, 3.05) is 19.5 Å². The van der Waals surface area contributed by atoms with E-state index in [2.05, 4.69) is 15.0 Å². The van der Waals surface area contributed by atoms with Gasteiger partial charge in [-0.25, -0.2) is 9.78 Å². The number of aromatic nitrogens is 1. The van der Waals surface area contributed by atoms with Crippen molar-refractivity contribution in [3.05, 3.63) is 53.4 Å². The van der Waals surface area contributed by atoms with Crippen molar-refractivity contribution in [2.24, 2.45) is 0 Å². The van der Waals surface area contributed by atoms with Gasteiger partial charge in [-0.05, 0) is 31.2 Å². The zero-order chi connectivity index (χ0) is 18.0. The second-order valence-electron chi connectivity index (χ2n) is 5.30. The van der Waals surface area contributed by atoms with E-state index in [1.54, 1.807) is 26.2 Å². The molecule has 0 atom stereocenters. The number of nitrogens with zero attached hydrogens (tertiary/aromatic N) is 1. The number of furan rings is 1. The monoisotopic (exact) mass is 340 g/mol. The summed E-state index contributed by atoms with van der Waals surface area (Å²) in [5, 5.41) is 3.48. The van der Waals surface area contributed by atoms with Crippen molar-refractivity contribution in [1.82, 2.24) is 4.98 Å². The summed E-state index contributed by atoms with van der Waals surface area (Å²) in [5.41, 5.74) is 1.59. The number of carbonyl (C=O) groups is 2. The fraction of sp³-hybridized carbons (Fsp3) is 0.167. The fourth-order valence-corrected chi connectivity index (χ4v) is 2.43. The molecule has 3 aromatic rings. The number of esters is 1. The Labute approximate surface area is 143 Å². The normalized spacial score (nSPS) is 10.5. The van der Waals surface area contributed by atoms with E-state index >= 15 is 0 Å². The Balaban J connectivity index is 1.84. The first-order valence-corrected chi connectivity index (χ1v) is 7.46. The molecule has 1 amide bonds. The van der Waals surface area contributed by atoms with Crippen LogP contribution in [0, 0.1) is 6.92 Å². The molecule has 0 aliphatic heterocycles. The minimum atomic E-state index is -0.493. The number of ether oxygens (including phenoxy) is 2. The molecular weight excluding hydrogens is 324 g/mol. The largest absolute Gasteiger partial charge is 0.497 e. The summed E-state index contributed by atoms with van der Waals surface area (Å²) in [6.07, 6.45) is 1.33. The van der Waals surface area contributed by atoms with E-state index in [-0.39, 0.29) is 5.76 Å². The summed E-state index contributed by atoms with van der Waals surface area (Å²) >= 11 is 0. The highest BCUT2D eigenvalue weighted by atomic mass is 16.5. The number of amides is 1. The van der Waals surface area contributed by atoms with Crippen LogP contribution in [0.1, 0.15) is 26.5 Å². The van der Waals surface area contributed by atoms with Gasteiger partial charge in [-0.3, -0.25) is 4.79 Å². The first-order valence-electron chi connectivity index (χ1n) is 7.46. The third-order valence-electron chi connectivity index (χ3n) is 3.78. The maximum atomic E-state index is 12.5. The van der Waals surface area contributed by atoms with Gasteiger partial charge in [0, 0.05) is 23.2 Å². The molecule has 0 saturated carbocycles. The molecule has 0 saturated heterocycles. The van der Waals surface area contributed by atoms with Crippen molar-refractivity contribution in [3.8, 4) is 5.75 Å². The molecule has 0 unspecified atom stereocenters. The summed E-state index contributed by atoms with van der Waals surface area (Å²) in [4.78, 5) is 27.9. The van der Waals surface area contributed by atoms with Crippen LogP contribution in [0.5, 0.6) is 5.75 Å². The maximum absolute atomic E-state index is 12.5. The van der Waals surface area contributed by atoms with Crippen LogP contribution in [0.4, 0.5) is 5.82 Å². The lowest BCUT2D eigenvalue weighted by Crippen LogP contribution is -2.13. The van der Waals surface area contributed by atoms with Gasteiger partial charge in [0.1, 0.15) is 17.2 Å². The summed E-state index contributed by atoms with van der Waals surface area (Å²) < 4.78 is 15.4. The molecule has 1 N–H and O–H groups in total. The predicted octanol–water partition coefficient (Wildman–Crippen LogP) is 3.18. The molecule has 25 heavy (non-hydrogen) atoms. The van der Waals surface area contributed by atoms with Crippen LogP contribution in [0.25, 0.3) is 11.0 Å². The number of fused-ring (bicyclic) bond motifs is 1. The number of methoxy groups -OCH3 is 2. The lowest BCUT2D eigenvalue weighted by Gasteiger charge is -2.04. The molecule has 7 nitrogen and oxygen atoms in total. The minimum absolute atomic E-state index is 0.196. The highest BCUT2D eigenvalue weighted by molar-refractivity contribution is 6.06. The number of nitrogens with one attached hydrogen (secondary N) is 1. The fourth-order valence-electron chi connectivity index (χ4n) is 2.43. The van der Waals surface area contributed by atoms with E-state index in [1.807, 2.05) is 6.07 Å². The summed E-state index contributed by atoms with van der Waals surface area (Å²) in [7, 11) is 2.85. The third-order valence-corrected chi connectivity index (χ3v) is 3.78. The zero-order valence-corrected chi connectivity index (χ0v) is 14.0. The van der Waals surface area contributed by atoms with Crippen LogP contribution in [-0.2, 0) is 4.74 Å². The first kappa shape index (κ1) is 16.5. The number of carbonyl (C=O) groups excluding carboxylic acids is 2. The van der Waals surface area contributed by atoms with E-state index in [1.165, 1.54) is 25.4 Å². The highest BCUT2D eigenvalue weighted by Gasteiger charge is 2.18. The Hall–Kier alpha value is -3.35. The van der Waals surface area contributed by atoms with Gasteiger partial charge in [0.05, 0.1) is 19.8 Å². The zero-order valence-electron chi connectivity index (χ0n) is 14.0. The number of aryl methyl sites for hydroxylation is 1. The first-order chi connectivity index (χ1) is 12.0. The van der Waals surface area contributed by atoms with Gasteiger partial charge in [-0.1, -0.05) is 0 Å². The van der Waals surface area contributed by atoms with Gasteiger partial charge in [-0.15, -0.1) is 0 Å². The summed E-state index contributed by atoms with van der Waals surface area (Å²) in [5.74, 6) is 0.226. The topological polar surface area (TPSA) is 90.7 Å². The van der Waals surface area contributed by atoms with Crippen molar-refractivity contribution < 1.29 is 23.5 Å². The molecule has 3 rings (SSSR count). The van der Waals surface area contributed by atoms with Crippen molar-refractivity contribution >= 4 is 28.7 Å². The lowest BCUT2D eigenvalue weighted by molar-refractivity contribution is 0.0600. The highest BCUT2D eigenvalue weighted by Crippen LogP contribution is 2.29. The minimum Gasteiger partial charge on any atom is -0.497 e. The van der Waals surface area contributed by atoms with Gasteiger partial charge in [0.25, 0.3) is 5.91 Å². The van der Waals surface area contributed by atoms with E-state index in [9.17, 15) is 9.59 Å². The molecule has 0 spiro atoms. The molecule has 1 aromatic carbocycles. The van der Waals surface area contributed by atoms with Crippen LogP contribution in [0.15, 0.2) is 40.9 Å². The van der Waals surface area contributed by atoms with Crippen LogP contribution in [0.3, 0.4) is 0 Å². The molecular formula is C18H16N2O5. The second kappa shape index (κ2) is 6.64. The quantitative estimate of drug-likeness (QED) is 0.734. The Bertz CT molecular complexity index is 944. The van der Waals surface area contributed by atoms with Gasteiger partial charge >= 0.3 is 5.97 Å². The van der Waals surface area contributed by atoms with E-state index in [0.717, 1.165) is 10.9 Å². The number of hydrogen-bond acceptors (Lipinski definition) is 6. The summed E-state index contributed by atoms with van der Waals surface area (Å²) in [6, 6.07) is 8.41. The SMILES string of the molecule is COC(=O)c1ccc(NC(=O)c2oc3cc(OC)ccc3c2C)nc1. The molecule has 128 valence electrons. The van der Waals surface area contributed by atoms with Gasteiger partial charge in [-0.2, -0.15) is 0 Å². The average Bonchev–Trinajstić information content (AvgIpc) is 2.97. The van der Waals surface area contributed by atoms with Crippen molar-refractivity contribution in [2.45, 2.75) is 6.92 Å². The Morgan fingerprint density at radius 3 is 2.60 bits per heavy atom. The van der Waals surface area contributed by atoms with Gasteiger partial charge in [0.15, 0.2) is 5.76 Å². The van der Waals surface area contributed by atoms with Gasteiger partial charge in [0.2, 0.25) is 0 Å². The maximum Gasteiger partial charge on any atom is 0.339 e. The Morgan fingerprint density at radius 2 is 1.96 bits per heavy atom. The van der Waals surface area contributed by atoms with E-state index in [0.29, 0.717) is 22.7 Å². The summed E-state index contributed by atoms with van der Waals surface area (Å²) in [6.45, 7) is 1.81. The van der Waals surface area contributed by atoms with E-state index in [4.69, 9.17) is 9.15 Å². The van der Waals surface area contributed by atoms with Crippen LogP contribution < -0.4 is 10.1 Å². The van der Waals surface area contributed by atoms with Crippen molar-refractivity contribution in [1.29, 1.82) is 0 Å². The Morgan fingerprint density at radius 1 is 1.16 bits per heavy atom. The number of rotatable bonds is 4. The van der Waals surface area contributed by atoms with Gasteiger partial charge < -0.3 is 19.2 Å². The standard InChI is InChI=1S/C18H16N2O5/c1-10-13-6-5-12(23-2)8-14(13)25-16(10)17(21)20-15-7-4-11(9-19-15)18(22)24-3/h4-9H,1-3H3,(H,19,20,21). The molecule has 2 heterocycles. The van der Waals surface area contributed by atoms with E-state index < -0.39 is 11.9 Å². The number of hydrogen-bond donors (Lipinski definition) is 1. The number of benzene rings is 1. The Kier molecular flexibility index (Phi) is 4.38. The molecule has 0 fully saturated rings. The van der Waals surface area contributed by atoms with Crippen LogP contribution in [0.2, 0.25) is 0 Å². The molecule has 0 bridgehead atoms. The number of pyridine rings is 1. The van der Waals surface area contributed by atoms with Crippen molar-refractivity contribution in [3.63, 3.8) is 0 Å². The predicted molar refractivity (Wildman–Crippen MR) is 91.0 cm³/mol. The lowest BCUT2D eigenvalue weighted by atomic mass is 10.1. The molecule has 0 radical (unpaired) electrons.